The molecule has 0 bridgehead atoms. The van der Waals surface area contributed by atoms with Crippen molar-refractivity contribution in [3.8, 4) is 0 Å². The monoisotopic (exact) mass is 426 g/mol. The van der Waals surface area contributed by atoms with Crippen LogP contribution in [0.2, 0.25) is 0 Å². The molecule has 4 nitrogen and oxygen atoms in total. The standard InChI is InChI=1S/C25H34N2O2S/c1-25(2,24(28)29)14-13-19-20-11-9-17(26(3)4)15-22(20)30(7,8)23-16-18(27(5)6)10-12-21(19)23/h9-13,15-16H,14H2,1-8H3,(H,28,29). The fraction of sp³-hybridized carbons (Fsp3) is 0.400. The molecule has 0 spiro atoms. The van der Waals surface area contributed by atoms with E-state index in [2.05, 4.69) is 93.0 Å². The van der Waals surface area contributed by atoms with Crippen molar-refractivity contribution in [3.63, 3.8) is 0 Å². The van der Waals surface area contributed by atoms with Gasteiger partial charge in [0.2, 0.25) is 0 Å². The summed E-state index contributed by atoms with van der Waals surface area (Å²) in [6.07, 6.45) is 7.34. The molecule has 0 fully saturated rings. The van der Waals surface area contributed by atoms with Gasteiger partial charge in [0.15, 0.2) is 0 Å². The highest BCUT2D eigenvalue weighted by molar-refractivity contribution is 8.32. The zero-order chi connectivity index (χ0) is 22.4. The van der Waals surface area contributed by atoms with E-state index in [1.54, 1.807) is 13.8 Å². The summed E-state index contributed by atoms with van der Waals surface area (Å²) in [6, 6.07) is 13.4. The summed E-state index contributed by atoms with van der Waals surface area (Å²) in [5.41, 5.74) is 5.18. The Morgan fingerprint density at radius 1 is 0.933 bits per heavy atom. The van der Waals surface area contributed by atoms with E-state index in [1.807, 2.05) is 0 Å². The maximum absolute atomic E-state index is 11.7. The van der Waals surface area contributed by atoms with Crippen molar-refractivity contribution in [1.82, 2.24) is 0 Å². The van der Waals surface area contributed by atoms with Crippen LogP contribution in [0.4, 0.5) is 11.4 Å². The zero-order valence-electron chi connectivity index (χ0n) is 19.4. The van der Waals surface area contributed by atoms with Gasteiger partial charge in [-0.2, -0.15) is 10.0 Å². The lowest BCUT2D eigenvalue weighted by Gasteiger charge is -2.42. The Morgan fingerprint density at radius 2 is 1.37 bits per heavy atom. The average molecular weight is 427 g/mol. The molecule has 1 aliphatic heterocycles. The number of fused-ring (bicyclic) bond motifs is 2. The second-order valence-corrected chi connectivity index (χ2v) is 13.0. The number of hydrogen-bond acceptors (Lipinski definition) is 3. The van der Waals surface area contributed by atoms with E-state index in [0.717, 1.165) is 5.57 Å². The Morgan fingerprint density at radius 3 is 1.73 bits per heavy atom. The van der Waals surface area contributed by atoms with Crippen LogP contribution in [0.1, 0.15) is 31.4 Å². The van der Waals surface area contributed by atoms with E-state index in [1.165, 1.54) is 32.3 Å². The van der Waals surface area contributed by atoms with Gasteiger partial charge in [-0.25, -0.2) is 0 Å². The average Bonchev–Trinajstić information content (AvgIpc) is 2.67. The first-order valence-corrected chi connectivity index (χ1v) is 12.6. The molecule has 0 amide bonds. The first-order chi connectivity index (χ1) is 13.9. The third-order valence-corrected chi connectivity index (χ3v) is 8.91. The summed E-state index contributed by atoms with van der Waals surface area (Å²) in [6.45, 7) is 3.58. The maximum atomic E-state index is 11.7. The van der Waals surface area contributed by atoms with Gasteiger partial charge >= 0.3 is 5.97 Å². The molecule has 1 aliphatic rings. The minimum Gasteiger partial charge on any atom is -0.481 e. The maximum Gasteiger partial charge on any atom is 0.309 e. The Balaban J connectivity index is 2.28. The second kappa shape index (κ2) is 7.69. The third-order valence-electron chi connectivity index (χ3n) is 6.04. The first kappa shape index (κ1) is 22.3. The molecule has 1 N–H and O–H groups in total. The molecule has 162 valence electrons. The number of nitrogens with zero attached hydrogens (tertiary/aromatic N) is 2. The smallest absolute Gasteiger partial charge is 0.309 e. The van der Waals surface area contributed by atoms with Crippen LogP contribution in [0.25, 0.3) is 5.57 Å². The van der Waals surface area contributed by atoms with E-state index < -0.39 is 21.4 Å². The minimum absolute atomic E-state index is 0.483. The number of anilines is 2. The van der Waals surface area contributed by atoms with Gasteiger partial charge in [0.1, 0.15) is 0 Å². The van der Waals surface area contributed by atoms with Gasteiger partial charge in [-0.3, -0.25) is 4.79 Å². The molecule has 0 radical (unpaired) electrons. The summed E-state index contributed by atoms with van der Waals surface area (Å²) >= 11 is 0. The van der Waals surface area contributed by atoms with E-state index in [4.69, 9.17) is 0 Å². The number of carbonyl (C=O) groups is 1. The van der Waals surface area contributed by atoms with Gasteiger partial charge < -0.3 is 14.9 Å². The van der Waals surface area contributed by atoms with Crippen LogP contribution < -0.4 is 9.80 Å². The topological polar surface area (TPSA) is 43.8 Å². The highest BCUT2D eigenvalue weighted by atomic mass is 32.3. The highest BCUT2D eigenvalue weighted by Gasteiger charge is 2.33. The summed E-state index contributed by atoms with van der Waals surface area (Å²) in [5.74, 6) is -0.771. The highest BCUT2D eigenvalue weighted by Crippen LogP contribution is 2.65. The minimum atomic E-state index is -1.23. The fourth-order valence-corrected chi connectivity index (χ4v) is 6.32. The van der Waals surface area contributed by atoms with Gasteiger partial charge in [0.25, 0.3) is 0 Å². The predicted molar refractivity (Wildman–Crippen MR) is 131 cm³/mol. The number of carboxylic acids is 1. The van der Waals surface area contributed by atoms with Crippen LogP contribution in [0.15, 0.2) is 52.3 Å². The van der Waals surface area contributed by atoms with E-state index >= 15 is 0 Å². The molecule has 1 heterocycles. The van der Waals surface area contributed by atoms with Gasteiger partial charge in [0, 0.05) is 49.4 Å². The van der Waals surface area contributed by atoms with Crippen molar-refractivity contribution in [1.29, 1.82) is 0 Å². The molecule has 5 heteroatoms. The number of allylic oxidation sites excluding steroid dienone is 1. The quantitative estimate of drug-likeness (QED) is 0.681. The van der Waals surface area contributed by atoms with Gasteiger partial charge in [-0.05, 0) is 73.7 Å². The van der Waals surface area contributed by atoms with Crippen molar-refractivity contribution in [2.75, 3.05) is 50.5 Å². The number of hydrogen-bond donors (Lipinski definition) is 1. The molecule has 0 aromatic heterocycles. The molecule has 2 aromatic carbocycles. The lowest BCUT2D eigenvalue weighted by atomic mass is 9.86. The normalized spacial score (nSPS) is 15.7. The number of benzene rings is 2. The molecule has 2 aromatic rings. The van der Waals surface area contributed by atoms with E-state index in [-0.39, 0.29) is 0 Å². The lowest BCUT2D eigenvalue weighted by molar-refractivity contribution is -0.146. The lowest BCUT2D eigenvalue weighted by Crippen LogP contribution is -2.23. The van der Waals surface area contributed by atoms with Crippen LogP contribution >= 0.6 is 10.0 Å². The molecule has 0 aliphatic carbocycles. The Labute approximate surface area is 182 Å². The Hall–Kier alpha value is -2.40. The van der Waals surface area contributed by atoms with Crippen molar-refractivity contribution < 1.29 is 9.90 Å². The van der Waals surface area contributed by atoms with Crippen LogP contribution in [0, 0.1) is 5.41 Å². The van der Waals surface area contributed by atoms with Gasteiger partial charge in [-0.15, -0.1) is 0 Å². The summed E-state index contributed by atoms with van der Waals surface area (Å²) < 4.78 is 0. The fourth-order valence-electron chi connectivity index (χ4n) is 3.80. The molecule has 0 saturated heterocycles. The molecule has 0 atom stereocenters. The summed E-state index contributed by atoms with van der Waals surface area (Å²) in [7, 11) is 7.04. The molecule has 3 rings (SSSR count). The molecule has 0 saturated carbocycles. The number of rotatable bonds is 5. The number of aliphatic carboxylic acids is 1. The van der Waals surface area contributed by atoms with Gasteiger partial charge in [0.05, 0.1) is 5.41 Å². The third kappa shape index (κ3) is 3.83. The van der Waals surface area contributed by atoms with Crippen LogP contribution in [0.5, 0.6) is 0 Å². The first-order valence-electron chi connectivity index (χ1n) is 10.2. The molecular formula is C25H34N2O2S. The zero-order valence-corrected chi connectivity index (χ0v) is 20.2. The summed E-state index contributed by atoms with van der Waals surface area (Å²) in [5, 5.41) is 9.60. The van der Waals surface area contributed by atoms with E-state index in [9.17, 15) is 9.90 Å². The van der Waals surface area contributed by atoms with E-state index in [0.29, 0.717) is 6.42 Å². The Bertz CT molecular complexity index is 956. The molecular weight excluding hydrogens is 392 g/mol. The van der Waals surface area contributed by atoms with Crippen molar-refractivity contribution in [2.45, 2.75) is 30.1 Å². The largest absolute Gasteiger partial charge is 0.481 e. The van der Waals surface area contributed by atoms with Crippen molar-refractivity contribution in [3.05, 3.63) is 53.6 Å². The summed E-state index contributed by atoms with van der Waals surface area (Å²) in [4.78, 5) is 18.7. The molecule has 0 unspecified atom stereocenters. The SMILES string of the molecule is CN(C)c1ccc2c(c1)S(C)(C)c1cc(N(C)C)ccc1C2=CCC(C)(C)C(=O)O. The van der Waals surface area contributed by atoms with Crippen molar-refractivity contribution >= 4 is 32.9 Å². The number of carboxylic acid groups (broad SMARTS) is 1. The van der Waals surface area contributed by atoms with Crippen LogP contribution in [0.3, 0.4) is 0 Å². The van der Waals surface area contributed by atoms with Crippen molar-refractivity contribution in [2.24, 2.45) is 5.41 Å². The predicted octanol–water partition coefficient (Wildman–Crippen LogP) is 5.55. The second-order valence-electron chi connectivity index (χ2n) is 9.49. The van der Waals surface area contributed by atoms with Crippen LogP contribution in [-0.2, 0) is 4.79 Å². The Kier molecular flexibility index (Phi) is 5.72. The van der Waals surface area contributed by atoms with Gasteiger partial charge in [-0.1, -0.05) is 18.2 Å². The van der Waals surface area contributed by atoms with Crippen LogP contribution in [-0.4, -0.2) is 51.8 Å². The molecule has 30 heavy (non-hydrogen) atoms.